The van der Waals surface area contributed by atoms with Crippen molar-refractivity contribution in [2.24, 2.45) is 5.10 Å². The molecule has 1 heterocycles. The van der Waals surface area contributed by atoms with Gasteiger partial charge in [0.25, 0.3) is 5.69 Å². The lowest BCUT2D eigenvalue weighted by molar-refractivity contribution is -0.384. The number of halogens is 4. The van der Waals surface area contributed by atoms with Crippen molar-refractivity contribution in [3.8, 4) is 0 Å². The second kappa shape index (κ2) is 6.61. The van der Waals surface area contributed by atoms with Crippen molar-refractivity contribution in [2.45, 2.75) is 6.18 Å². The lowest BCUT2D eigenvalue weighted by Crippen LogP contribution is -2.05. The number of anilines is 1. The Kier molecular flexibility index (Phi) is 4.80. The van der Waals surface area contributed by atoms with E-state index < -0.39 is 16.7 Å². The number of alkyl halides is 3. The highest BCUT2D eigenvalue weighted by atomic mass is 35.5. The van der Waals surface area contributed by atoms with Crippen molar-refractivity contribution in [1.82, 2.24) is 4.98 Å². The standard InChI is InChI=1S/C13H8ClF3N4O2/c14-10-3-1-8(5-11(10)21(22)23)6-19-20-12-4-2-9(7-18-12)13(15,16)17/h1-7H,(H,18,20)/b19-6+. The van der Waals surface area contributed by atoms with Gasteiger partial charge in [0.2, 0.25) is 0 Å². The van der Waals surface area contributed by atoms with Crippen molar-refractivity contribution >= 4 is 29.3 Å². The molecule has 0 bridgehead atoms. The molecule has 0 unspecified atom stereocenters. The number of rotatable bonds is 4. The van der Waals surface area contributed by atoms with Crippen molar-refractivity contribution in [3.05, 3.63) is 62.8 Å². The Morgan fingerprint density at radius 3 is 2.61 bits per heavy atom. The predicted molar refractivity (Wildman–Crippen MR) is 78.6 cm³/mol. The van der Waals surface area contributed by atoms with Gasteiger partial charge in [0, 0.05) is 17.8 Å². The molecule has 0 aliphatic carbocycles. The summed E-state index contributed by atoms with van der Waals surface area (Å²) in [6.07, 6.45) is -2.54. The van der Waals surface area contributed by atoms with Gasteiger partial charge in [0.1, 0.15) is 10.8 Å². The van der Waals surface area contributed by atoms with E-state index in [2.05, 4.69) is 15.5 Å². The van der Waals surface area contributed by atoms with E-state index >= 15 is 0 Å². The number of hydrazone groups is 1. The molecule has 0 aliphatic rings. The molecule has 0 amide bonds. The zero-order chi connectivity index (χ0) is 17.0. The molecule has 1 N–H and O–H groups in total. The summed E-state index contributed by atoms with van der Waals surface area (Å²) in [6.45, 7) is 0. The molecule has 10 heteroatoms. The summed E-state index contributed by atoms with van der Waals surface area (Å²) in [5, 5.41) is 14.5. The first kappa shape index (κ1) is 16.7. The van der Waals surface area contributed by atoms with E-state index in [4.69, 9.17) is 11.6 Å². The number of nitrogens with zero attached hydrogens (tertiary/aromatic N) is 3. The summed E-state index contributed by atoms with van der Waals surface area (Å²) in [7, 11) is 0. The van der Waals surface area contributed by atoms with Crippen LogP contribution in [0.5, 0.6) is 0 Å². The van der Waals surface area contributed by atoms with E-state index in [-0.39, 0.29) is 16.5 Å². The second-order valence-corrected chi connectivity index (χ2v) is 4.68. The third kappa shape index (κ3) is 4.39. The Labute approximate surface area is 132 Å². The van der Waals surface area contributed by atoms with Crippen molar-refractivity contribution in [3.63, 3.8) is 0 Å². The van der Waals surface area contributed by atoms with E-state index in [0.717, 1.165) is 12.1 Å². The van der Waals surface area contributed by atoms with Gasteiger partial charge in [-0.1, -0.05) is 17.7 Å². The van der Waals surface area contributed by atoms with Crippen LogP contribution in [0.3, 0.4) is 0 Å². The summed E-state index contributed by atoms with van der Waals surface area (Å²) < 4.78 is 37.1. The molecule has 0 radical (unpaired) electrons. The lowest BCUT2D eigenvalue weighted by Gasteiger charge is -2.06. The van der Waals surface area contributed by atoms with Crippen LogP contribution in [0, 0.1) is 10.1 Å². The van der Waals surface area contributed by atoms with Crippen LogP contribution in [0.4, 0.5) is 24.7 Å². The summed E-state index contributed by atoms with van der Waals surface area (Å²) in [5.41, 5.74) is 1.66. The highest BCUT2D eigenvalue weighted by molar-refractivity contribution is 6.32. The van der Waals surface area contributed by atoms with Gasteiger partial charge in [-0.15, -0.1) is 0 Å². The van der Waals surface area contributed by atoms with Crippen LogP contribution in [-0.4, -0.2) is 16.1 Å². The summed E-state index contributed by atoms with van der Waals surface area (Å²) >= 11 is 5.67. The normalized spacial score (nSPS) is 11.7. The Balaban J connectivity index is 2.07. The maximum Gasteiger partial charge on any atom is 0.417 e. The molecule has 0 aliphatic heterocycles. The van der Waals surface area contributed by atoms with Crippen LogP contribution in [0.25, 0.3) is 0 Å². The largest absolute Gasteiger partial charge is 0.417 e. The number of aromatic nitrogens is 1. The number of nitro groups is 1. The molecule has 0 saturated carbocycles. The molecule has 23 heavy (non-hydrogen) atoms. The van der Waals surface area contributed by atoms with Crippen LogP contribution >= 0.6 is 11.6 Å². The van der Waals surface area contributed by atoms with Crippen LogP contribution in [0.15, 0.2) is 41.6 Å². The minimum Gasteiger partial charge on any atom is -0.261 e. The highest BCUT2D eigenvalue weighted by Gasteiger charge is 2.30. The fraction of sp³-hybridized carbons (Fsp3) is 0.0769. The minimum absolute atomic E-state index is 0.00971. The number of nitrogens with one attached hydrogen (secondary N) is 1. The zero-order valence-corrected chi connectivity index (χ0v) is 12.0. The van der Waals surface area contributed by atoms with Crippen LogP contribution in [-0.2, 0) is 6.18 Å². The van der Waals surface area contributed by atoms with Crippen molar-refractivity contribution < 1.29 is 18.1 Å². The average Bonchev–Trinajstić information content (AvgIpc) is 2.48. The SMILES string of the molecule is O=[N+]([O-])c1cc(/C=N/Nc2ccc(C(F)(F)F)cn2)ccc1Cl. The molecule has 0 fully saturated rings. The third-order valence-corrected chi connectivity index (χ3v) is 2.97. The molecule has 0 saturated heterocycles. The first-order chi connectivity index (χ1) is 10.8. The Hall–Kier alpha value is -2.68. The summed E-state index contributed by atoms with van der Waals surface area (Å²) in [4.78, 5) is 13.7. The minimum atomic E-state index is -4.46. The lowest BCUT2D eigenvalue weighted by atomic mass is 10.2. The zero-order valence-electron chi connectivity index (χ0n) is 11.2. The Bertz CT molecular complexity index is 748. The number of hydrogen-bond donors (Lipinski definition) is 1. The molecule has 1 aromatic heterocycles. The Morgan fingerprint density at radius 2 is 2.04 bits per heavy atom. The quantitative estimate of drug-likeness (QED) is 0.514. The molecule has 0 atom stereocenters. The maximum atomic E-state index is 12.4. The highest BCUT2D eigenvalue weighted by Crippen LogP contribution is 2.28. The van der Waals surface area contributed by atoms with Gasteiger partial charge in [-0.3, -0.25) is 15.5 Å². The first-order valence-corrected chi connectivity index (χ1v) is 6.41. The second-order valence-electron chi connectivity index (χ2n) is 4.27. The van der Waals surface area contributed by atoms with Gasteiger partial charge in [-0.05, 0) is 18.2 Å². The van der Waals surface area contributed by atoms with Gasteiger partial charge in [0.15, 0.2) is 0 Å². The van der Waals surface area contributed by atoms with Crippen molar-refractivity contribution in [1.29, 1.82) is 0 Å². The predicted octanol–water partition coefficient (Wildman–Crippen LogP) is 4.11. The first-order valence-electron chi connectivity index (χ1n) is 6.03. The number of hydrogen-bond acceptors (Lipinski definition) is 5. The van der Waals surface area contributed by atoms with Gasteiger partial charge < -0.3 is 0 Å². The van der Waals surface area contributed by atoms with Gasteiger partial charge in [0.05, 0.1) is 16.7 Å². The molecule has 120 valence electrons. The molecular weight excluding hydrogens is 337 g/mol. The van der Waals surface area contributed by atoms with Crippen molar-refractivity contribution in [2.75, 3.05) is 5.43 Å². The fourth-order valence-electron chi connectivity index (χ4n) is 1.55. The maximum absolute atomic E-state index is 12.4. The van der Waals surface area contributed by atoms with Crippen LogP contribution in [0.2, 0.25) is 5.02 Å². The number of nitro benzene ring substituents is 1. The molecule has 0 spiro atoms. The van der Waals surface area contributed by atoms with E-state index in [0.29, 0.717) is 11.8 Å². The molecular formula is C13H8ClF3N4O2. The summed E-state index contributed by atoms with van der Waals surface area (Å²) in [5.74, 6) is 0.0951. The molecule has 2 aromatic rings. The van der Waals surface area contributed by atoms with E-state index in [1.54, 1.807) is 0 Å². The van der Waals surface area contributed by atoms with E-state index in [1.807, 2.05) is 0 Å². The number of pyridine rings is 1. The molecule has 1 aromatic carbocycles. The Morgan fingerprint density at radius 1 is 1.30 bits per heavy atom. The topological polar surface area (TPSA) is 80.4 Å². The van der Waals surface area contributed by atoms with E-state index in [9.17, 15) is 23.3 Å². The summed E-state index contributed by atoms with van der Waals surface area (Å²) in [6, 6.07) is 6.04. The molecule has 6 nitrogen and oxygen atoms in total. The van der Waals surface area contributed by atoms with Crippen LogP contribution in [0.1, 0.15) is 11.1 Å². The van der Waals surface area contributed by atoms with E-state index in [1.165, 1.54) is 24.4 Å². The molecule has 2 rings (SSSR count). The van der Waals surface area contributed by atoms with Gasteiger partial charge in [-0.25, -0.2) is 4.98 Å². The number of benzene rings is 1. The van der Waals surface area contributed by atoms with Gasteiger partial charge in [-0.2, -0.15) is 18.3 Å². The van der Waals surface area contributed by atoms with Crippen LogP contribution < -0.4 is 5.43 Å². The van der Waals surface area contributed by atoms with Gasteiger partial charge >= 0.3 is 6.18 Å². The smallest absolute Gasteiger partial charge is 0.261 e. The fourth-order valence-corrected chi connectivity index (χ4v) is 1.74. The average molecular weight is 345 g/mol. The third-order valence-electron chi connectivity index (χ3n) is 2.65. The monoisotopic (exact) mass is 344 g/mol.